The SMILES string of the molecule is CCCNCc1ccc(OCC(F)F)cn1. The van der Waals surface area contributed by atoms with Crippen molar-refractivity contribution in [2.75, 3.05) is 13.2 Å². The Kier molecular flexibility index (Phi) is 5.71. The Bertz CT molecular complexity index is 291. The number of nitrogens with one attached hydrogen (secondary N) is 1. The van der Waals surface area contributed by atoms with E-state index in [1.807, 2.05) is 0 Å². The molecule has 0 saturated heterocycles. The second-order valence-electron chi connectivity index (χ2n) is 3.36. The minimum atomic E-state index is -2.45. The summed E-state index contributed by atoms with van der Waals surface area (Å²) in [7, 11) is 0. The largest absolute Gasteiger partial charge is 0.486 e. The van der Waals surface area contributed by atoms with E-state index < -0.39 is 13.0 Å². The number of hydrogen-bond donors (Lipinski definition) is 1. The van der Waals surface area contributed by atoms with E-state index in [9.17, 15) is 8.78 Å². The molecule has 0 bridgehead atoms. The van der Waals surface area contributed by atoms with Crippen LogP contribution in [-0.4, -0.2) is 24.6 Å². The molecule has 0 aliphatic rings. The first-order chi connectivity index (χ1) is 7.72. The van der Waals surface area contributed by atoms with Crippen LogP contribution >= 0.6 is 0 Å². The fraction of sp³-hybridized carbons (Fsp3) is 0.545. The zero-order chi connectivity index (χ0) is 11.8. The van der Waals surface area contributed by atoms with Crippen molar-refractivity contribution in [2.24, 2.45) is 0 Å². The minimum Gasteiger partial charge on any atom is -0.486 e. The fourth-order valence-electron chi connectivity index (χ4n) is 1.15. The van der Waals surface area contributed by atoms with Gasteiger partial charge in [-0.1, -0.05) is 6.92 Å². The van der Waals surface area contributed by atoms with E-state index in [0.29, 0.717) is 12.3 Å². The topological polar surface area (TPSA) is 34.1 Å². The third kappa shape index (κ3) is 5.02. The molecule has 0 unspecified atom stereocenters. The average molecular weight is 230 g/mol. The molecule has 0 aliphatic heterocycles. The molecule has 3 nitrogen and oxygen atoms in total. The van der Waals surface area contributed by atoms with Gasteiger partial charge >= 0.3 is 0 Å². The van der Waals surface area contributed by atoms with Gasteiger partial charge in [-0.25, -0.2) is 8.78 Å². The maximum absolute atomic E-state index is 11.8. The molecule has 0 spiro atoms. The highest BCUT2D eigenvalue weighted by Crippen LogP contribution is 2.10. The van der Waals surface area contributed by atoms with Gasteiger partial charge in [0.25, 0.3) is 6.43 Å². The maximum Gasteiger partial charge on any atom is 0.272 e. The highest BCUT2D eigenvalue weighted by Gasteiger charge is 2.03. The normalized spacial score (nSPS) is 10.8. The summed E-state index contributed by atoms with van der Waals surface area (Å²) in [5.41, 5.74) is 0.873. The molecule has 1 aromatic rings. The fourth-order valence-corrected chi connectivity index (χ4v) is 1.15. The number of rotatable bonds is 7. The van der Waals surface area contributed by atoms with Gasteiger partial charge in [-0.15, -0.1) is 0 Å². The predicted molar refractivity (Wildman–Crippen MR) is 57.7 cm³/mol. The van der Waals surface area contributed by atoms with Crippen LogP contribution in [0.3, 0.4) is 0 Å². The second kappa shape index (κ2) is 7.11. The van der Waals surface area contributed by atoms with Gasteiger partial charge in [0.15, 0.2) is 0 Å². The zero-order valence-electron chi connectivity index (χ0n) is 9.25. The summed E-state index contributed by atoms with van der Waals surface area (Å²) in [6.07, 6.45) is 0.0758. The standard InChI is InChI=1S/C11H16F2N2O/c1-2-5-14-6-9-3-4-10(7-15-9)16-8-11(12)13/h3-4,7,11,14H,2,5-6,8H2,1H3. The summed E-state index contributed by atoms with van der Waals surface area (Å²) in [5, 5.41) is 3.20. The Morgan fingerprint density at radius 2 is 2.25 bits per heavy atom. The summed E-state index contributed by atoms with van der Waals surface area (Å²) in [6.45, 7) is 3.12. The molecular formula is C11H16F2N2O. The monoisotopic (exact) mass is 230 g/mol. The molecule has 0 aliphatic carbocycles. The number of hydrogen-bond acceptors (Lipinski definition) is 3. The Hall–Kier alpha value is -1.23. The minimum absolute atomic E-state index is 0.375. The molecule has 16 heavy (non-hydrogen) atoms. The van der Waals surface area contributed by atoms with Crippen molar-refractivity contribution < 1.29 is 13.5 Å². The van der Waals surface area contributed by atoms with Crippen molar-refractivity contribution in [3.63, 3.8) is 0 Å². The third-order valence-electron chi connectivity index (χ3n) is 1.91. The van der Waals surface area contributed by atoms with Gasteiger partial charge in [-0.3, -0.25) is 4.98 Å². The van der Waals surface area contributed by atoms with Crippen LogP contribution in [0.25, 0.3) is 0 Å². The Morgan fingerprint density at radius 3 is 2.81 bits per heavy atom. The van der Waals surface area contributed by atoms with Gasteiger partial charge in [-0.05, 0) is 25.1 Å². The molecule has 0 saturated carbocycles. The van der Waals surface area contributed by atoms with E-state index in [2.05, 4.69) is 17.2 Å². The third-order valence-corrected chi connectivity index (χ3v) is 1.91. The molecule has 0 atom stereocenters. The van der Waals surface area contributed by atoms with Gasteiger partial charge in [0.2, 0.25) is 0 Å². The summed E-state index contributed by atoms with van der Waals surface area (Å²) in [6, 6.07) is 3.42. The number of pyridine rings is 1. The molecule has 1 heterocycles. The summed E-state index contributed by atoms with van der Waals surface area (Å²) < 4.78 is 28.5. The lowest BCUT2D eigenvalue weighted by Crippen LogP contribution is -2.14. The summed E-state index contributed by atoms with van der Waals surface area (Å²) in [4.78, 5) is 4.10. The van der Waals surface area contributed by atoms with Crippen molar-refractivity contribution in [1.29, 1.82) is 0 Å². The summed E-state index contributed by atoms with van der Waals surface area (Å²) >= 11 is 0. The van der Waals surface area contributed by atoms with Gasteiger partial charge < -0.3 is 10.1 Å². The second-order valence-corrected chi connectivity index (χ2v) is 3.36. The molecule has 1 rings (SSSR count). The first-order valence-corrected chi connectivity index (χ1v) is 5.29. The van der Waals surface area contributed by atoms with Crippen LogP contribution in [0, 0.1) is 0 Å². The molecule has 0 aromatic carbocycles. The van der Waals surface area contributed by atoms with Gasteiger partial charge in [0.1, 0.15) is 12.4 Å². The van der Waals surface area contributed by atoms with E-state index in [1.165, 1.54) is 6.20 Å². The van der Waals surface area contributed by atoms with Crippen molar-refractivity contribution in [2.45, 2.75) is 26.3 Å². The smallest absolute Gasteiger partial charge is 0.272 e. The maximum atomic E-state index is 11.8. The lowest BCUT2D eigenvalue weighted by atomic mass is 10.3. The van der Waals surface area contributed by atoms with Crippen LogP contribution in [0.4, 0.5) is 8.78 Å². The van der Waals surface area contributed by atoms with Crippen LogP contribution in [-0.2, 0) is 6.54 Å². The number of aromatic nitrogens is 1. The molecule has 0 radical (unpaired) electrons. The quantitative estimate of drug-likeness (QED) is 0.729. The lowest BCUT2D eigenvalue weighted by molar-refractivity contribution is 0.0817. The first-order valence-electron chi connectivity index (χ1n) is 5.29. The molecule has 0 amide bonds. The first kappa shape index (κ1) is 12.8. The Labute approximate surface area is 93.8 Å². The van der Waals surface area contributed by atoms with Crippen molar-refractivity contribution in [3.05, 3.63) is 24.0 Å². The number of halogens is 2. The molecule has 90 valence electrons. The molecule has 0 fully saturated rings. The van der Waals surface area contributed by atoms with Crippen molar-refractivity contribution >= 4 is 0 Å². The molecule has 1 N–H and O–H groups in total. The van der Waals surface area contributed by atoms with E-state index in [0.717, 1.165) is 18.7 Å². The van der Waals surface area contributed by atoms with Crippen molar-refractivity contribution in [3.8, 4) is 5.75 Å². The lowest BCUT2D eigenvalue weighted by Gasteiger charge is -2.06. The van der Waals surface area contributed by atoms with Crippen molar-refractivity contribution in [1.82, 2.24) is 10.3 Å². The number of ether oxygens (including phenoxy) is 1. The van der Waals surface area contributed by atoms with Crippen LogP contribution in [0.1, 0.15) is 19.0 Å². The summed E-state index contributed by atoms with van der Waals surface area (Å²) in [5.74, 6) is 0.375. The molecule has 1 aromatic heterocycles. The highest BCUT2D eigenvalue weighted by atomic mass is 19.3. The van der Waals surface area contributed by atoms with Crippen LogP contribution in [0.5, 0.6) is 5.75 Å². The Balaban J connectivity index is 2.35. The van der Waals surface area contributed by atoms with E-state index >= 15 is 0 Å². The van der Waals surface area contributed by atoms with Crippen LogP contribution < -0.4 is 10.1 Å². The number of alkyl halides is 2. The van der Waals surface area contributed by atoms with E-state index in [1.54, 1.807) is 12.1 Å². The van der Waals surface area contributed by atoms with Gasteiger partial charge in [0.05, 0.1) is 11.9 Å². The predicted octanol–water partition coefficient (Wildman–Crippen LogP) is 2.23. The average Bonchev–Trinajstić information content (AvgIpc) is 2.28. The van der Waals surface area contributed by atoms with Crippen LogP contribution in [0.2, 0.25) is 0 Å². The highest BCUT2D eigenvalue weighted by molar-refractivity contribution is 5.19. The van der Waals surface area contributed by atoms with E-state index in [4.69, 9.17) is 4.74 Å². The zero-order valence-corrected chi connectivity index (χ0v) is 9.25. The van der Waals surface area contributed by atoms with Gasteiger partial charge in [-0.2, -0.15) is 0 Å². The van der Waals surface area contributed by atoms with Gasteiger partial charge in [0, 0.05) is 6.54 Å². The Morgan fingerprint density at radius 1 is 1.44 bits per heavy atom. The van der Waals surface area contributed by atoms with Crippen LogP contribution in [0.15, 0.2) is 18.3 Å². The number of nitrogens with zero attached hydrogens (tertiary/aromatic N) is 1. The molecule has 5 heteroatoms. The molecular weight excluding hydrogens is 214 g/mol. The van der Waals surface area contributed by atoms with E-state index in [-0.39, 0.29) is 0 Å².